The third-order valence-electron chi connectivity index (χ3n) is 9.07. The maximum atomic E-state index is 14.3. The van der Waals surface area contributed by atoms with Crippen molar-refractivity contribution < 1.29 is 55.0 Å². The van der Waals surface area contributed by atoms with Crippen molar-refractivity contribution >= 4 is 70.1 Å². The van der Waals surface area contributed by atoms with E-state index in [2.05, 4.69) is 38.2 Å². The first-order valence-electron chi connectivity index (χ1n) is 20.6. The number of methoxy groups -OCH3 is 2. The second kappa shape index (κ2) is 27.2. The van der Waals surface area contributed by atoms with Gasteiger partial charge in [0.25, 0.3) is 11.8 Å². The van der Waals surface area contributed by atoms with Gasteiger partial charge >= 0.3 is 12.4 Å². The molecule has 0 heterocycles. The van der Waals surface area contributed by atoms with Gasteiger partial charge in [0.1, 0.15) is 11.5 Å². The van der Waals surface area contributed by atoms with E-state index in [-0.39, 0.29) is 94.9 Å². The summed E-state index contributed by atoms with van der Waals surface area (Å²) in [5, 5.41) is 9.72. The van der Waals surface area contributed by atoms with Crippen LogP contribution in [-0.2, 0) is 21.9 Å². The largest absolute Gasteiger partial charge is 0.496 e. The van der Waals surface area contributed by atoms with Crippen LogP contribution < -0.4 is 65.1 Å². The van der Waals surface area contributed by atoms with Crippen molar-refractivity contribution in [1.29, 1.82) is 0 Å². The Morgan fingerprint density at radius 2 is 1.00 bits per heavy atom. The molecule has 3 aromatic rings. The minimum Gasteiger partial charge on any atom is -0.496 e. The Labute approximate surface area is 387 Å². The fourth-order valence-corrected chi connectivity index (χ4v) is 6.55. The highest BCUT2D eigenvalue weighted by Crippen LogP contribution is 2.42. The fraction of sp³-hybridized carbons (Fsp3) is 0.429. The van der Waals surface area contributed by atoms with Crippen molar-refractivity contribution in [2.45, 2.75) is 76.0 Å². The average Bonchev–Trinajstić information content (AvgIpc) is 3.25. The molecule has 0 atom stereocenters. The predicted octanol–water partition coefficient (Wildman–Crippen LogP) is 5.72. The second-order valence-corrected chi connectivity index (χ2v) is 15.4. The first kappa shape index (κ1) is 56.7. The molecule has 0 unspecified atom stereocenters. The van der Waals surface area contributed by atoms with E-state index in [0.717, 1.165) is 51.1 Å². The topological polar surface area (TPSA) is 316 Å². The van der Waals surface area contributed by atoms with Crippen molar-refractivity contribution in [2.24, 2.45) is 44.4 Å². The molecule has 370 valence electrons. The van der Waals surface area contributed by atoms with Crippen molar-refractivity contribution in [1.82, 2.24) is 0 Å². The zero-order valence-corrected chi connectivity index (χ0v) is 38.2. The SMILES string of the molecule is CCCN.COc1cc(OC)c(C(=O)Nc2cc(C(F)(F)F)cc(NC(=O)CCCCN=C(N)N)c2SCCN)cc1C(=O)Nc1cc(C(F)(F)F)cc(NC(=O)CCCCN=C(N)N)c1C. The summed E-state index contributed by atoms with van der Waals surface area (Å²) in [6, 6.07) is 4.83. The lowest BCUT2D eigenvalue weighted by Gasteiger charge is -2.20. The molecule has 0 aliphatic heterocycles. The van der Waals surface area contributed by atoms with Gasteiger partial charge in [-0.2, -0.15) is 26.3 Å². The van der Waals surface area contributed by atoms with Gasteiger partial charge in [-0.05, 0) is 81.5 Å². The van der Waals surface area contributed by atoms with Gasteiger partial charge in [-0.25, -0.2) is 0 Å². The molecule has 16 N–H and O–H groups in total. The lowest BCUT2D eigenvalue weighted by Crippen LogP contribution is -2.23. The van der Waals surface area contributed by atoms with Gasteiger partial charge in [0.2, 0.25) is 11.8 Å². The number of thioether (sulfide) groups is 1. The van der Waals surface area contributed by atoms with Gasteiger partial charge in [-0.3, -0.25) is 29.2 Å². The summed E-state index contributed by atoms with van der Waals surface area (Å²) in [6.45, 7) is 4.75. The zero-order valence-electron chi connectivity index (χ0n) is 37.4. The van der Waals surface area contributed by atoms with Crippen molar-refractivity contribution in [3.05, 3.63) is 64.2 Å². The zero-order chi connectivity index (χ0) is 50.5. The molecular weight excluding hydrogens is 915 g/mol. The average molecular weight is 973 g/mol. The quantitative estimate of drug-likeness (QED) is 0.0190. The van der Waals surface area contributed by atoms with Crippen LogP contribution in [0.2, 0.25) is 0 Å². The Morgan fingerprint density at radius 1 is 0.612 bits per heavy atom. The molecule has 0 bridgehead atoms. The summed E-state index contributed by atoms with van der Waals surface area (Å²) >= 11 is 0.946. The maximum absolute atomic E-state index is 14.3. The van der Waals surface area contributed by atoms with Crippen molar-refractivity contribution in [2.75, 3.05) is 67.4 Å². The van der Waals surface area contributed by atoms with Crippen molar-refractivity contribution in [3.63, 3.8) is 0 Å². The fourth-order valence-electron chi connectivity index (χ4n) is 5.70. The molecule has 4 amide bonds. The first-order valence-corrected chi connectivity index (χ1v) is 21.6. The number of hydrogen-bond donors (Lipinski definition) is 10. The van der Waals surface area contributed by atoms with Crippen LogP contribution in [-0.4, -0.2) is 81.7 Å². The van der Waals surface area contributed by atoms with Gasteiger partial charge in [-0.1, -0.05) is 6.92 Å². The Kier molecular flexibility index (Phi) is 23.0. The van der Waals surface area contributed by atoms with E-state index in [1.165, 1.54) is 6.92 Å². The second-order valence-electron chi connectivity index (χ2n) is 14.3. The standard InChI is InChI=1S/C39H49F6N11O6S.C3H9N/c1-20-25(53-31(57)8-4-6-11-51-36(47)48)14-21(38(40,41)42)15-26(20)55-34(59)23-18-24(30(62-3)19-29(23)61-2)35(60)56-28-17-22(39(43,44)45)16-27(33(28)63-13-10-46)54-32(58)9-5-7-12-52-37(49)50;1-2-3-4/h14-19H,4-13,46H2,1-3H3,(H,53,57)(H,54,58)(H,55,59)(H,56,60)(H4,47,48,51)(H4,49,50,52);2-4H2,1H3. The summed E-state index contributed by atoms with van der Waals surface area (Å²) < 4.78 is 95.7. The monoisotopic (exact) mass is 972 g/mol. The minimum absolute atomic E-state index is 0.0231. The van der Waals surface area contributed by atoms with Crippen LogP contribution >= 0.6 is 11.8 Å². The molecule has 0 saturated heterocycles. The number of ether oxygens (including phenoxy) is 2. The number of anilines is 4. The van der Waals surface area contributed by atoms with E-state index >= 15 is 0 Å². The minimum atomic E-state index is -4.95. The third kappa shape index (κ3) is 18.7. The smallest absolute Gasteiger partial charge is 0.416 e. The molecule has 18 nitrogen and oxygen atoms in total. The predicted molar refractivity (Wildman–Crippen MR) is 249 cm³/mol. The number of halogens is 6. The van der Waals surface area contributed by atoms with E-state index in [1.54, 1.807) is 0 Å². The van der Waals surface area contributed by atoms with E-state index in [9.17, 15) is 45.5 Å². The molecule has 0 saturated carbocycles. The summed E-state index contributed by atoms with van der Waals surface area (Å²) in [5.41, 5.74) is 27.4. The van der Waals surface area contributed by atoms with E-state index in [4.69, 9.17) is 43.9 Å². The first-order chi connectivity index (χ1) is 31.5. The summed E-state index contributed by atoms with van der Waals surface area (Å²) in [5.74, 6) is -3.98. The van der Waals surface area contributed by atoms with Crippen LogP contribution in [0.5, 0.6) is 11.5 Å². The number of guanidine groups is 2. The number of benzene rings is 3. The number of unbranched alkanes of at least 4 members (excludes halogenated alkanes) is 2. The Morgan fingerprint density at radius 3 is 1.39 bits per heavy atom. The summed E-state index contributed by atoms with van der Waals surface area (Å²) in [4.78, 5) is 61.2. The Bertz CT molecular complexity index is 2230. The van der Waals surface area contributed by atoms with Crippen LogP contribution in [0.4, 0.5) is 49.1 Å². The molecule has 3 aromatic carbocycles. The summed E-state index contributed by atoms with van der Waals surface area (Å²) in [6.07, 6.45) is -7.55. The summed E-state index contributed by atoms with van der Waals surface area (Å²) in [7, 11) is 2.32. The molecule has 67 heavy (non-hydrogen) atoms. The lowest BCUT2D eigenvalue weighted by atomic mass is 10.0. The number of nitrogens with one attached hydrogen (secondary N) is 4. The van der Waals surface area contributed by atoms with E-state index in [0.29, 0.717) is 49.9 Å². The normalized spacial score (nSPS) is 11.0. The van der Waals surface area contributed by atoms with E-state index in [1.807, 2.05) is 0 Å². The van der Waals surface area contributed by atoms with Crippen LogP contribution in [0.3, 0.4) is 0 Å². The molecule has 0 aliphatic rings. The van der Waals surface area contributed by atoms with Gasteiger partial charge in [0.15, 0.2) is 11.9 Å². The number of alkyl halides is 6. The number of nitrogens with two attached hydrogens (primary N) is 6. The molecule has 25 heteroatoms. The van der Waals surface area contributed by atoms with Gasteiger partial charge in [-0.15, -0.1) is 11.8 Å². The number of hydrogen-bond acceptors (Lipinski definition) is 11. The van der Waals surface area contributed by atoms with Gasteiger partial charge in [0.05, 0.1) is 52.7 Å². The third-order valence-corrected chi connectivity index (χ3v) is 10.2. The number of amides is 4. The number of carbonyl (C=O) groups is 4. The molecule has 3 rings (SSSR count). The number of aliphatic imine (C=N–C) groups is 2. The highest BCUT2D eigenvalue weighted by Gasteiger charge is 2.34. The van der Waals surface area contributed by atoms with Crippen LogP contribution in [0, 0.1) is 6.92 Å². The Hall–Kier alpha value is -6.47. The van der Waals surface area contributed by atoms with Crippen molar-refractivity contribution in [3.8, 4) is 11.5 Å². The molecule has 0 aromatic heterocycles. The Balaban J connectivity index is 0.00000369. The van der Waals surface area contributed by atoms with Gasteiger partial charge < -0.3 is 65.1 Å². The molecule has 0 fully saturated rings. The molecular formula is C42H58F6N12O6S. The highest BCUT2D eigenvalue weighted by molar-refractivity contribution is 7.99. The molecule has 0 aliphatic carbocycles. The number of nitrogens with zero attached hydrogens (tertiary/aromatic N) is 2. The lowest BCUT2D eigenvalue weighted by molar-refractivity contribution is -0.138. The molecule has 0 radical (unpaired) electrons. The number of rotatable bonds is 22. The maximum Gasteiger partial charge on any atom is 0.416 e. The van der Waals surface area contributed by atoms with Crippen LogP contribution in [0.25, 0.3) is 0 Å². The molecule has 0 spiro atoms. The van der Waals surface area contributed by atoms with Gasteiger partial charge in [0, 0.05) is 55.7 Å². The number of carbonyl (C=O) groups excluding carboxylic acids is 4. The van der Waals surface area contributed by atoms with E-state index < -0.39 is 58.2 Å². The van der Waals surface area contributed by atoms with Crippen LogP contribution in [0.15, 0.2) is 51.3 Å². The highest BCUT2D eigenvalue weighted by atomic mass is 32.2. The van der Waals surface area contributed by atoms with Crippen LogP contribution in [0.1, 0.15) is 89.3 Å².